The summed E-state index contributed by atoms with van der Waals surface area (Å²) in [6.45, 7) is 1.46. The summed E-state index contributed by atoms with van der Waals surface area (Å²) >= 11 is 10.5. The van der Waals surface area contributed by atoms with Crippen molar-refractivity contribution in [2.75, 3.05) is 6.61 Å². The van der Waals surface area contributed by atoms with E-state index in [0.29, 0.717) is 24.6 Å². The standard InChI is InChI=1S/2C16H14BrN3O2.C14H11BrO2.C2H5N3.2CH4/c17-15-10-13(22-12-4-2-1-3-5-12)6-7-14(15)16(21)11-20-9-8-18-19-20;17-15-10-13(22-12-4-2-1-3-5-12)6-7-14(15)16(21)11-20-18-8-9-19-20;15-13-8-11(6-7-12(13)14-9-16-14)17-10-4-2-1-3-5-10;1-2-4-5-3-1;;/h2*1-10,16,21H,11H2;1-8,14H,9H2;1-5H;2*1H4. The molecule has 0 amide bonds. The molecular weight excluding hydrogens is 1060 g/mol. The van der Waals surface area contributed by atoms with E-state index in [-0.39, 0.29) is 21.0 Å². The summed E-state index contributed by atoms with van der Waals surface area (Å²) < 4.78 is 26.7. The van der Waals surface area contributed by atoms with Crippen LogP contribution < -0.4 is 30.6 Å². The van der Waals surface area contributed by atoms with E-state index in [1.165, 1.54) is 10.4 Å². The largest absolute Gasteiger partial charge is 0.457 e. The SMILES string of the molecule is Brc1cc(Oc2ccccc2)ccc1C1CO1.C.C.C1=CNNN1.OC(Cn1ccnn1)c1ccc(Oc2ccccc2)cc1Br.OC(Cn1nccn1)c1ccc(Oc2ccccc2)cc1Br. The molecule has 0 bridgehead atoms. The number of epoxide rings is 1. The number of nitrogens with one attached hydrogen (secondary N) is 3. The zero-order chi connectivity index (χ0) is 45.9. The molecule has 0 radical (unpaired) electrons. The summed E-state index contributed by atoms with van der Waals surface area (Å²) in [4.78, 5) is 1.45. The third kappa shape index (κ3) is 16.7. The van der Waals surface area contributed by atoms with Crippen molar-refractivity contribution in [1.29, 1.82) is 0 Å². The number of aliphatic hydroxyl groups is 2. The monoisotopic (exact) mass is 1110 g/mol. The summed E-state index contributed by atoms with van der Waals surface area (Å²) in [6.07, 6.45) is 8.87. The topological polar surface area (TPSA) is 178 Å². The molecule has 2 aliphatic rings. The van der Waals surface area contributed by atoms with Crippen LogP contribution in [0.2, 0.25) is 0 Å². The van der Waals surface area contributed by atoms with Crippen molar-refractivity contribution >= 4 is 47.8 Å². The van der Waals surface area contributed by atoms with Crippen molar-refractivity contribution in [3.05, 3.63) is 213 Å². The molecule has 8 aromatic rings. The number of para-hydroxylation sites is 3. The molecule has 10 rings (SSSR count). The van der Waals surface area contributed by atoms with Crippen molar-refractivity contribution < 1.29 is 29.2 Å². The second-order valence-corrected chi connectivity index (χ2v) is 16.7. The Morgan fingerprint density at radius 1 is 0.574 bits per heavy atom. The van der Waals surface area contributed by atoms with Crippen molar-refractivity contribution in [2.45, 2.75) is 46.3 Å². The molecule has 0 saturated carbocycles. The van der Waals surface area contributed by atoms with E-state index in [1.807, 2.05) is 146 Å². The number of hydrazine groups is 2. The van der Waals surface area contributed by atoms with Crippen molar-refractivity contribution in [3.8, 4) is 34.5 Å². The molecule has 15 nitrogen and oxygen atoms in total. The van der Waals surface area contributed by atoms with Crippen LogP contribution in [0.25, 0.3) is 0 Å². The first-order valence-electron chi connectivity index (χ1n) is 20.4. The molecule has 4 heterocycles. The lowest BCUT2D eigenvalue weighted by Crippen LogP contribution is -2.29. The second kappa shape index (κ2) is 27.4. The molecule has 68 heavy (non-hydrogen) atoms. The van der Waals surface area contributed by atoms with Gasteiger partial charge in [-0.1, -0.05) is 141 Å². The van der Waals surface area contributed by atoms with Gasteiger partial charge in [0.2, 0.25) is 0 Å². The zero-order valence-electron chi connectivity index (χ0n) is 35.0. The maximum atomic E-state index is 10.3. The molecule has 3 unspecified atom stereocenters. The van der Waals surface area contributed by atoms with E-state index in [9.17, 15) is 10.2 Å². The Morgan fingerprint density at radius 2 is 1.01 bits per heavy atom. The minimum atomic E-state index is -0.701. The molecule has 6 aromatic carbocycles. The Hall–Kier alpha value is -6.38. The summed E-state index contributed by atoms with van der Waals surface area (Å²) in [5.41, 5.74) is 10.7. The fraction of sp³-hybridized carbons (Fsp3) is 0.160. The first-order chi connectivity index (χ1) is 32.3. The number of benzene rings is 6. The summed E-state index contributed by atoms with van der Waals surface area (Å²) in [5, 5.41) is 36.1. The smallest absolute Gasteiger partial charge is 0.128 e. The molecule has 5 N–H and O–H groups in total. The highest BCUT2D eigenvalue weighted by Crippen LogP contribution is 2.38. The van der Waals surface area contributed by atoms with E-state index >= 15 is 0 Å². The van der Waals surface area contributed by atoms with Crippen LogP contribution in [0.3, 0.4) is 0 Å². The Bertz CT molecular complexity index is 2570. The van der Waals surface area contributed by atoms with Crippen molar-refractivity contribution in [2.24, 2.45) is 0 Å². The number of aromatic nitrogens is 6. The molecule has 1 saturated heterocycles. The number of hydrogen-bond acceptors (Lipinski definition) is 13. The van der Waals surface area contributed by atoms with Crippen molar-refractivity contribution in [3.63, 3.8) is 0 Å². The van der Waals surface area contributed by atoms with Gasteiger partial charge in [0.1, 0.15) is 46.7 Å². The van der Waals surface area contributed by atoms with Gasteiger partial charge in [-0.05, 0) is 89.5 Å². The molecule has 1 fully saturated rings. The Balaban J connectivity index is 0.000000179. The molecule has 2 aromatic heterocycles. The third-order valence-corrected chi connectivity index (χ3v) is 11.3. The molecule has 0 spiro atoms. The highest BCUT2D eigenvalue weighted by Gasteiger charge is 2.27. The summed E-state index contributed by atoms with van der Waals surface area (Å²) in [7, 11) is 0. The van der Waals surface area contributed by atoms with Gasteiger partial charge in [0, 0.05) is 32.0 Å². The number of halogens is 3. The minimum absolute atomic E-state index is 0. The van der Waals surface area contributed by atoms with E-state index in [1.54, 1.807) is 41.9 Å². The van der Waals surface area contributed by atoms with Crippen LogP contribution in [0.5, 0.6) is 34.5 Å². The fourth-order valence-electron chi connectivity index (χ4n) is 6.02. The predicted molar refractivity (Wildman–Crippen MR) is 273 cm³/mol. The first-order valence-corrected chi connectivity index (χ1v) is 22.8. The van der Waals surface area contributed by atoms with Crippen LogP contribution in [0.1, 0.15) is 49.9 Å². The van der Waals surface area contributed by atoms with Crippen LogP contribution >= 0.6 is 47.8 Å². The van der Waals surface area contributed by atoms with Gasteiger partial charge >= 0.3 is 0 Å². The van der Waals surface area contributed by atoms with Crippen LogP contribution in [0.4, 0.5) is 0 Å². The van der Waals surface area contributed by atoms with Gasteiger partial charge in [-0.25, -0.2) is 4.68 Å². The molecule has 2 aliphatic heterocycles. The van der Waals surface area contributed by atoms with Gasteiger partial charge in [-0.3, -0.25) is 0 Å². The van der Waals surface area contributed by atoms with Crippen LogP contribution in [0.15, 0.2) is 196 Å². The number of aliphatic hydroxyl groups excluding tert-OH is 2. The second-order valence-electron chi connectivity index (χ2n) is 14.1. The van der Waals surface area contributed by atoms with Crippen LogP contribution in [0, 0.1) is 0 Å². The highest BCUT2D eigenvalue weighted by molar-refractivity contribution is 9.11. The normalized spacial score (nSPS) is 13.6. The Morgan fingerprint density at radius 3 is 1.40 bits per heavy atom. The number of nitrogens with zero attached hydrogens (tertiary/aromatic N) is 6. The van der Waals surface area contributed by atoms with Crippen LogP contribution in [-0.2, 0) is 17.8 Å². The van der Waals surface area contributed by atoms with Crippen molar-refractivity contribution in [1.82, 2.24) is 46.4 Å². The molecule has 3 atom stereocenters. The minimum Gasteiger partial charge on any atom is -0.457 e. The Labute approximate surface area is 421 Å². The van der Waals surface area contributed by atoms with Gasteiger partial charge in [0.15, 0.2) is 0 Å². The highest BCUT2D eigenvalue weighted by atomic mass is 79.9. The number of hydrogen-bond donors (Lipinski definition) is 5. The Kier molecular flexibility index (Phi) is 21.2. The lowest BCUT2D eigenvalue weighted by Gasteiger charge is -2.14. The van der Waals surface area contributed by atoms with Gasteiger partial charge in [0.25, 0.3) is 0 Å². The van der Waals surface area contributed by atoms with Gasteiger partial charge in [0.05, 0.1) is 44.4 Å². The van der Waals surface area contributed by atoms with E-state index < -0.39 is 12.2 Å². The number of rotatable bonds is 13. The molecule has 354 valence electrons. The van der Waals surface area contributed by atoms with E-state index in [4.69, 9.17) is 18.9 Å². The lowest BCUT2D eigenvalue weighted by molar-refractivity contribution is 0.144. The van der Waals surface area contributed by atoms with E-state index in [0.717, 1.165) is 54.1 Å². The maximum Gasteiger partial charge on any atom is 0.128 e. The summed E-state index contributed by atoms with van der Waals surface area (Å²) in [5.74, 6) is 4.61. The van der Waals surface area contributed by atoms with Crippen LogP contribution in [-0.4, -0.2) is 46.8 Å². The molecule has 18 heteroatoms. The third-order valence-electron chi connectivity index (χ3n) is 9.28. The zero-order valence-corrected chi connectivity index (χ0v) is 39.8. The molecular formula is C50H52Br3N9O6. The average Bonchev–Trinajstić information content (AvgIpc) is 3.72. The van der Waals surface area contributed by atoms with Gasteiger partial charge in [-0.15, -0.1) is 5.10 Å². The predicted octanol–water partition coefficient (Wildman–Crippen LogP) is 11.8. The fourth-order valence-corrected chi connectivity index (χ4v) is 7.88. The maximum absolute atomic E-state index is 10.3. The molecule has 0 aliphatic carbocycles. The lowest BCUT2D eigenvalue weighted by atomic mass is 10.1. The van der Waals surface area contributed by atoms with Gasteiger partial charge in [-0.2, -0.15) is 20.5 Å². The van der Waals surface area contributed by atoms with E-state index in [2.05, 4.69) is 84.7 Å². The quantitative estimate of drug-likeness (QED) is 0.0690. The summed E-state index contributed by atoms with van der Waals surface area (Å²) in [6, 6.07) is 45.8. The van der Waals surface area contributed by atoms with Gasteiger partial charge < -0.3 is 40.0 Å². The number of ether oxygens (including phenoxy) is 4. The first kappa shape index (κ1) is 52.6. The average molecular weight is 1110 g/mol.